The Morgan fingerprint density at radius 2 is 2.05 bits per heavy atom. The molecule has 19 heavy (non-hydrogen) atoms. The molecule has 2 rings (SSSR count). The third kappa shape index (κ3) is 2.54. The zero-order chi connectivity index (χ0) is 14.2. The van der Waals surface area contributed by atoms with Crippen molar-refractivity contribution in [3.05, 3.63) is 33.5 Å². The summed E-state index contributed by atoms with van der Waals surface area (Å²) in [4.78, 5) is 0. The van der Waals surface area contributed by atoms with Crippen LogP contribution in [0.15, 0.2) is 15.0 Å². The van der Waals surface area contributed by atoms with Crippen LogP contribution < -0.4 is 5.32 Å². The van der Waals surface area contributed by atoms with Crippen molar-refractivity contribution < 1.29 is 13.2 Å². The molecule has 104 valence electrons. The van der Waals surface area contributed by atoms with E-state index in [1.54, 1.807) is 0 Å². The molecule has 0 amide bonds. The molecule has 0 saturated heterocycles. The van der Waals surface area contributed by atoms with E-state index in [4.69, 9.17) is 4.42 Å². The Bertz CT molecular complexity index is 607. The molecule has 0 fully saturated rings. The van der Waals surface area contributed by atoms with Gasteiger partial charge in [-0.15, -0.1) is 0 Å². The molecule has 1 aromatic carbocycles. The van der Waals surface area contributed by atoms with Gasteiger partial charge < -0.3 is 9.73 Å². The van der Waals surface area contributed by atoms with Crippen molar-refractivity contribution in [1.82, 2.24) is 5.32 Å². The van der Waals surface area contributed by atoms with Crippen LogP contribution in [0.4, 0.5) is 8.78 Å². The molecule has 0 radical (unpaired) electrons. The van der Waals surface area contributed by atoms with Gasteiger partial charge in [-0.2, -0.15) is 4.39 Å². The summed E-state index contributed by atoms with van der Waals surface area (Å²) in [5, 5.41) is 3.78. The molecular formula is C14H16BrF2NO. The van der Waals surface area contributed by atoms with Crippen molar-refractivity contribution in [2.45, 2.75) is 33.2 Å². The Balaban J connectivity index is 2.73. The van der Waals surface area contributed by atoms with Crippen LogP contribution in [0, 0.1) is 11.6 Å². The fourth-order valence-electron chi connectivity index (χ4n) is 2.22. The van der Waals surface area contributed by atoms with Crippen LogP contribution in [0.1, 0.15) is 38.0 Å². The summed E-state index contributed by atoms with van der Waals surface area (Å²) in [6.45, 7) is 7.29. The number of fused-ring (bicyclic) bond motifs is 1. The van der Waals surface area contributed by atoms with Crippen molar-refractivity contribution in [2.24, 2.45) is 0 Å². The first kappa shape index (κ1) is 14.5. The van der Waals surface area contributed by atoms with E-state index < -0.39 is 11.6 Å². The van der Waals surface area contributed by atoms with Crippen molar-refractivity contribution in [1.29, 1.82) is 0 Å². The minimum Gasteiger partial charge on any atom is -0.456 e. The minimum absolute atomic E-state index is 0.0107. The maximum absolute atomic E-state index is 13.8. The maximum Gasteiger partial charge on any atom is 0.201 e. The van der Waals surface area contributed by atoms with Crippen molar-refractivity contribution in [3.8, 4) is 0 Å². The average Bonchev–Trinajstić information content (AvgIpc) is 2.73. The lowest BCUT2D eigenvalue weighted by Crippen LogP contribution is -2.12. The highest BCUT2D eigenvalue weighted by Gasteiger charge is 2.23. The Kier molecular flexibility index (Phi) is 4.26. The molecule has 2 aromatic rings. The molecule has 0 unspecified atom stereocenters. The van der Waals surface area contributed by atoms with Gasteiger partial charge in [-0.25, -0.2) is 4.39 Å². The van der Waals surface area contributed by atoms with E-state index in [0.29, 0.717) is 22.2 Å². The molecule has 0 aliphatic heterocycles. The number of hydrogen-bond acceptors (Lipinski definition) is 2. The van der Waals surface area contributed by atoms with Crippen molar-refractivity contribution in [3.63, 3.8) is 0 Å². The molecule has 1 heterocycles. The van der Waals surface area contributed by atoms with E-state index in [1.807, 2.05) is 20.8 Å². The monoisotopic (exact) mass is 331 g/mol. The van der Waals surface area contributed by atoms with Gasteiger partial charge in [0.1, 0.15) is 5.76 Å². The molecular weight excluding hydrogens is 316 g/mol. The molecule has 1 N–H and O–H groups in total. The van der Waals surface area contributed by atoms with Gasteiger partial charge in [0.25, 0.3) is 0 Å². The minimum atomic E-state index is -0.928. The fourth-order valence-corrected chi connectivity index (χ4v) is 2.81. The molecule has 0 saturated carbocycles. The highest BCUT2D eigenvalue weighted by atomic mass is 79.9. The first-order valence-corrected chi connectivity index (χ1v) is 7.06. The number of halogens is 3. The van der Waals surface area contributed by atoms with Crippen molar-refractivity contribution in [2.75, 3.05) is 6.54 Å². The smallest absolute Gasteiger partial charge is 0.201 e. The molecule has 2 nitrogen and oxygen atoms in total. The van der Waals surface area contributed by atoms with Gasteiger partial charge in [0, 0.05) is 15.4 Å². The topological polar surface area (TPSA) is 25.2 Å². The van der Waals surface area contributed by atoms with E-state index in [9.17, 15) is 8.78 Å². The van der Waals surface area contributed by atoms with Gasteiger partial charge in [0.15, 0.2) is 11.4 Å². The van der Waals surface area contributed by atoms with Crippen molar-refractivity contribution >= 4 is 26.9 Å². The van der Waals surface area contributed by atoms with Crippen LogP contribution >= 0.6 is 15.9 Å². The summed E-state index contributed by atoms with van der Waals surface area (Å²) < 4.78 is 33.3. The highest BCUT2D eigenvalue weighted by Crippen LogP contribution is 2.38. The van der Waals surface area contributed by atoms with E-state index in [1.165, 1.54) is 0 Å². The summed E-state index contributed by atoms with van der Waals surface area (Å²) >= 11 is 3.30. The molecule has 1 aromatic heterocycles. The summed E-state index contributed by atoms with van der Waals surface area (Å²) in [6, 6.07) is 1.15. The van der Waals surface area contributed by atoms with E-state index in [2.05, 4.69) is 21.2 Å². The first-order chi connectivity index (χ1) is 8.97. The second-order valence-electron chi connectivity index (χ2n) is 4.73. The Labute approximate surface area is 119 Å². The second kappa shape index (κ2) is 5.59. The van der Waals surface area contributed by atoms with Gasteiger partial charge in [-0.3, -0.25) is 0 Å². The standard InChI is InChI=1S/C14H16BrF2NO/c1-4-18-6-10-11(7(2)3)12-8(15)5-9(16)13(17)14(12)19-10/h5,7,18H,4,6H2,1-3H3. The largest absolute Gasteiger partial charge is 0.456 e. The Morgan fingerprint density at radius 1 is 1.37 bits per heavy atom. The summed E-state index contributed by atoms with van der Waals surface area (Å²) in [5.74, 6) is -1.01. The van der Waals surface area contributed by atoms with Gasteiger partial charge in [-0.1, -0.05) is 20.8 Å². The first-order valence-electron chi connectivity index (χ1n) is 6.26. The number of furan rings is 1. The predicted molar refractivity (Wildman–Crippen MR) is 75.3 cm³/mol. The summed E-state index contributed by atoms with van der Waals surface area (Å²) in [7, 11) is 0. The normalized spacial score (nSPS) is 11.7. The summed E-state index contributed by atoms with van der Waals surface area (Å²) in [5.41, 5.74) is 0.908. The zero-order valence-electron chi connectivity index (χ0n) is 11.1. The van der Waals surface area contributed by atoms with Crippen LogP contribution in [0.5, 0.6) is 0 Å². The van der Waals surface area contributed by atoms with E-state index >= 15 is 0 Å². The fraction of sp³-hybridized carbons (Fsp3) is 0.429. The Hall–Kier alpha value is -0.940. The zero-order valence-corrected chi connectivity index (χ0v) is 12.7. The predicted octanol–water partition coefficient (Wildman–Crippen LogP) is 4.71. The van der Waals surface area contributed by atoms with Gasteiger partial charge in [-0.05, 0) is 34.5 Å². The van der Waals surface area contributed by atoms with Gasteiger partial charge in [0.2, 0.25) is 5.82 Å². The number of hydrogen-bond donors (Lipinski definition) is 1. The molecule has 5 heteroatoms. The third-order valence-corrected chi connectivity index (χ3v) is 3.66. The molecule has 0 spiro atoms. The molecule has 0 aliphatic carbocycles. The van der Waals surface area contributed by atoms with Crippen LogP contribution in [0.3, 0.4) is 0 Å². The van der Waals surface area contributed by atoms with Gasteiger partial charge in [0.05, 0.1) is 6.54 Å². The second-order valence-corrected chi connectivity index (χ2v) is 5.59. The molecule has 0 aliphatic rings. The molecule has 0 bridgehead atoms. The number of rotatable bonds is 4. The van der Waals surface area contributed by atoms with E-state index in [0.717, 1.165) is 18.2 Å². The van der Waals surface area contributed by atoms with E-state index in [-0.39, 0.29) is 11.5 Å². The lowest BCUT2D eigenvalue weighted by molar-refractivity contribution is 0.467. The van der Waals surface area contributed by atoms with Crippen LogP contribution in [-0.2, 0) is 6.54 Å². The number of nitrogens with one attached hydrogen (secondary N) is 1. The quantitative estimate of drug-likeness (QED) is 0.821. The number of benzene rings is 1. The van der Waals surface area contributed by atoms with Gasteiger partial charge >= 0.3 is 0 Å². The molecule has 0 atom stereocenters. The van der Waals surface area contributed by atoms with Crippen LogP contribution in [-0.4, -0.2) is 6.54 Å². The van der Waals surface area contributed by atoms with Crippen LogP contribution in [0.2, 0.25) is 0 Å². The highest BCUT2D eigenvalue weighted by molar-refractivity contribution is 9.10. The average molecular weight is 332 g/mol. The lowest BCUT2D eigenvalue weighted by atomic mass is 9.99. The maximum atomic E-state index is 13.8. The lowest BCUT2D eigenvalue weighted by Gasteiger charge is -2.07. The third-order valence-electron chi connectivity index (χ3n) is 3.04. The Morgan fingerprint density at radius 3 is 2.63 bits per heavy atom. The van der Waals surface area contributed by atoms with Crippen LogP contribution in [0.25, 0.3) is 11.0 Å². The SMILES string of the molecule is CCNCc1oc2c(F)c(F)cc(Br)c2c1C(C)C. The summed E-state index contributed by atoms with van der Waals surface area (Å²) in [6.07, 6.45) is 0.